The molecule has 2 aromatic rings. The second-order valence-electron chi connectivity index (χ2n) is 4.61. The molecule has 0 aliphatic heterocycles. The summed E-state index contributed by atoms with van der Waals surface area (Å²) < 4.78 is 74.5. The van der Waals surface area contributed by atoms with Gasteiger partial charge in [0.05, 0.1) is 16.0 Å². The Morgan fingerprint density at radius 1 is 1.16 bits per heavy atom. The fourth-order valence-corrected chi connectivity index (χ4v) is 2.53. The number of anilines is 1. The van der Waals surface area contributed by atoms with Gasteiger partial charge in [-0.05, 0) is 30.3 Å². The number of rotatable bonds is 5. The van der Waals surface area contributed by atoms with Crippen LogP contribution in [0.1, 0.15) is 15.9 Å². The van der Waals surface area contributed by atoms with Crippen LogP contribution in [0.15, 0.2) is 41.4 Å². The van der Waals surface area contributed by atoms with E-state index in [4.69, 9.17) is 5.11 Å². The molecule has 134 valence electrons. The van der Waals surface area contributed by atoms with Gasteiger partial charge in [-0.25, -0.2) is 22.6 Å². The van der Waals surface area contributed by atoms with Crippen LogP contribution < -0.4 is 10.3 Å². The van der Waals surface area contributed by atoms with E-state index in [1.165, 1.54) is 0 Å². The van der Waals surface area contributed by atoms with Gasteiger partial charge in [0.15, 0.2) is 0 Å². The van der Waals surface area contributed by atoms with Crippen molar-refractivity contribution in [1.82, 2.24) is 9.82 Å². The van der Waals surface area contributed by atoms with Crippen LogP contribution in [-0.2, 0) is 16.2 Å². The third kappa shape index (κ3) is 4.42. The van der Waals surface area contributed by atoms with Crippen molar-refractivity contribution in [2.75, 3.05) is 5.43 Å². The highest BCUT2D eigenvalue weighted by Gasteiger charge is 2.30. The second kappa shape index (κ2) is 6.64. The van der Waals surface area contributed by atoms with Crippen molar-refractivity contribution < 1.29 is 35.9 Å². The quantitative estimate of drug-likeness (QED) is 0.543. The minimum atomic E-state index is -4.59. The van der Waals surface area contributed by atoms with E-state index >= 15 is 0 Å². The van der Waals surface area contributed by atoms with Crippen LogP contribution >= 0.6 is 0 Å². The molecule has 0 unspecified atom stereocenters. The maximum atomic E-state index is 13.3. The van der Waals surface area contributed by atoms with E-state index in [2.05, 4.69) is 10.4 Å². The normalized spacial score (nSPS) is 12.0. The number of aromatic carboxylic acids is 1. The first-order chi connectivity index (χ1) is 11.5. The van der Waals surface area contributed by atoms with Crippen LogP contribution in [0.5, 0.6) is 0 Å². The Balaban J connectivity index is 2.17. The number of alkyl halides is 3. The number of benzene rings is 1. The van der Waals surface area contributed by atoms with Gasteiger partial charge >= 0.3 is 12.1 Å². The fourth-order valence-electron chi connectivity index (χ4n) is 1.65. The average Bonchev–Trinajstić information content (AvgIpc) is 2.52. The molecule has 0 bridgehead atoms. The molecular weight excluding hydrogens is 370 g/mol. The third-order valence-electron chi connectivity index (χ3n) is 2.88. The number of aromatic nitrogens is 1. The van der Waals surface area contributed by atoms with E-state index in [-0.39, 0.29) is 5.82 Å². The molecule has 7 nitrogen and oxygen atoms in total. The number of nitrogens with zero attached hydrogens (tertiary/aromatic N) is 1. The summed E-state index contributed by atoms with van der Waals surface area (Å²) >= 11 is 0. The molecule has 0 atom stereocenters. The number of pyridine rings is 1. The zero-order valence-electron chi connectivity index (χ0n) is 12.0. The van der Waals surface area contributed by atoms with Gasteiger partial charge in [-0.15, -0.1) is 4.83 Å². The van der Waals surface area contributed by atoms with Crippen LogP contribution in [0.4, 0.5) is 23.4 Å². The largest absolute Gasteiger partial charge is 0.478 e. The minimum Gasteiger partial charge on any atom is -0.478 e. The molecule has 0 aliphatic carbocycles. The standard InChI is InChI=1S/C13H9F4N3O4S/c14-10-3-2-8(5-9(10)12(21)22)25(23,24)20-19-11-4-1-7(6-18-11)13(15,16)17/h1-6,20H,(H,18,19)(H,21,22). The summed E-state index contributed by atoms with van der Waals surface area (Å²) in [6, 6.07) is 3.66. The number of hydrogen-bond donors (Lipinski definition) is 3. The first kappa shape index (κ1) is 18.6. The van der Waals surface area contributed by atoms with Gasteiger partial charge in [0.2, 0.25) is 0 Å². The van der Waals surface area contributed by atoms with Crippen LogP contribution in [0.25, 0.3) is 0 Å². The molecule has 1 aromatic carbocycles. The molecule has 0 amide bonds. The Labute approximate surface area is 138 Å². The fraction of sp³-hybridized carbons (Fsp3) is 0.0769. The SMILES string of the molecule is O=C(O)c1cc(S(=O)(=O)NNc2ccc(C(F)(F)F)cn2)ccc1F. The lowest BCUT2D eigenvalue weighted by Crippen LogP contribution is -2.30. The maximum absolute atomic E-state index is 13.3. The van der Waals surface area contributed by atoms with Crippen LogP contribution in [0.2, 0.25) is 0 Å². The highest BCUT2D eigenvalue weighted by atomic mass is 32.2. The van der Waals surface area contributed by atoms with Crippen molar-refractivity contribution in [2.45, 2.75) is 11.1 Å². The third-order valence-corrected chi connectivity index (χ3v) is 4.13. The summed E-state index contributed by atoms with van der Waals surface area (Å²) in [6.45, 7) is 0. The number of nitrogens with one attached hydrogen (secondary N) is 2. The predicted molar refractivity (Wildman–Crippen MR) is 76.5 cm³/mol. The van der Waals surface area contributed by atoms with Crippen molar-refractivity contribution in [3.8, 4) is 0 Å². The molecule has 0 saturated carbocycles. The van der Waals surface area contributed by atoms with Crippen molar-refractivity contribution >= 4 is 21.8 Å². The number of hydrogen-bond acceptors (Lipinski definition) is 5. The molecule has 3 N–H and O–H groups in total. The monoisotopic (exact) mass is 379 g/mol. The number of sulfonamides is 1. The number of hydrazine groups is 1. The van der Waals surface area contributed by atoms with E-state index < -0.39 is 44.0 Å². The molecule has 0 fully saturated rings. The van der Waals surface area contributed by atoms with Gasteiger partial charge in [0.1, 0.15) is 11.6 Å². The highest BCUT2D eigenvalue weighted by molar-refractivity contribution is 7.89. The minimum absolute atomic E-state index is 0.239. The number of halogens is 4. The molecule has 0 saturated heterocycles. The summed E-state index contributed by atoms with van der Waals surface area (Å²) in [6.07, 6.45) is -4.09. The maximum Gasteiger partial charge on any atom is 0.417 e. The molecule has 2 rings (SSSR count). The molecule has 1 aromatic heterocycles. The Morgan fingerprint density at radius 2 is 1.84 bits per heavy atom. The summed E-state index contributed by atoms with van der Waals surface area (Å²) in [7, 11) is -4.32. The molecule has 12 heteroatoms. The zero-order valence-corrected chi connectivity index (χ0v) is 12.8. The van der Waals surface area contributed by atoms with Gasteiger partial charge in [-0.1, -0.05) is 0 Å². The van der Waals surface area contributed by atoms with Crippen molar-refractivity contribution in [3.63, 3.8) is 0 Å². The average molecular weight is 379 g/mol. The van der Waals surface area contributed by atoms with Gasteiger partial charge in [-0.3, -0.25) is 5.43 Å². The smallest absolute Gasteiger partial charge is 0.417 e. The summed E-state index contributed by atoms with van der Waals surface area (Å²) in [4.78, 5) is 15.4. The zero-order chi connectivity index (χ0) is 18.8. The lowest BCUT2D eigenvalue weighted by molar-refractivity contribution is -0.137. The van der Waals surface area contributed by atoms with E-state index in [9.17, 15) is 30.8 Å². The molecule has 0 spiro atoms. The summed E-state index contributed by atoms with van der Waals surface area (Å²) in [5.41, 5.74) is 0.194. The Morgan fingerprint density at radius 3 is 2.36 bits per heavy atom. The highest BCUT2D eigenvalue weighted by Crippen LogP contribution is 2.28. The van der Waals surface area contributed by atoms with Crippen molar-refractivity contribution in [3.05, 3.63) is 53.5 Å². The van der Waals surface area contributed by atoms with Gasteiger partial charge < -0.3 is 5.11 Å². The van der Waals surface area contributed by atoms with E-state index in [0.29, 0.717) is 24.4 Å². The lowest BCUT2D eigenvalue weighted by Gasteiger charge is -2.11. The van der Waals surface area contributed by atoms with Crippen LogP contribution in [-0.4, -0.2) is 24.5 Å². The van der Waals surface area contributed by atoms with Crippen LogP contribution in [0, 0.1) is 5.82 Å². The summed E-state index contributed by atoms with van der Waals surface area (Å²) in [5, 5.41) is 8.78. The lowest BCUT2D eigenvalue weighted by atomic mass is 10.2. The van der Waals surface area contributed by atoms with E-state index in [1.807, 2.05) is 0 Å². The van der Waals surface area contributed by atoms with E-state index in [0.717, 1.165) is 12.1 Å². The Bertz CT molecular complexity index is 898. The van der Waals surface area contributed by atoms with Crippen LogP contribution in [0.3, 0.4) is 0 Å². The molecule has 0 aliphatic rings. The van der Waals surface area contributed by atoms with Gasteiger partial charge in [-0.2, -0.15) is 13.2 Å². The second-order valence-corrected chi connectivity index (χ2v) is 6.29. The Kier molecular flexibility index (Phi) is 4.94. The topological polar surface area (TPSA) is 108 Å². The number of carbonyl (C=O) groups is 1. The first-order valence-electron chi connectivity index (χ1n) is 6.34. The predicted octanol–water partition coefficient (Wildman–Crippen LogP) is 2.24. The van der Waals surface area contributed by atoms with Gasteiger partial charge in [0.25, 0.3) is 10.0 Å². The van der Waals surface area contributed by atoms with Crippen molar-refractivity contribution in [1.29, 1.82) is 0 Å². The van der Waals surface area contributed by atoms with Crippen molar-refractivity contribution in [2.24, 2.45) is 0 Å². The molecule has 1 heterocycles. The molecule has 25 heavy (non-hydrogen) atoms. The molecule has 0 radical (unpaired) electrons. The number of carboxylic acids is 1. The first-order valence-corrected chi connectivity index (χ1v) is 7.83. The number of carboxylic acid groups (broad SMARTS) is 1. The van der Waals surface area contributed by atoms with Gasteiger partial charge in [0, 0.05) is 6.20 Å². The summed E-state index contributed by atoms with van der Waals surface area (Å²) in [5.74, 6) is -3.02. The molecular formula is C13H9F4N3O4S. The van der Waals surface area contributed by atoms with E-state index in [1.54, 1.807) is 4.83 Å². The Hall–Kier alpha value is -2.73.